The van der Waals surface area contributed by atoms with Crippen LogP contribution in [-0.4, -0.2) is 41.0 Å². The quantitative estimate of drug-likeness (QED) is 0.628. The van der Waals surface area contributed by atoms with Crippen molar-refractivity contribution in [1.82, 2.24) is 9.88 Å². The molecule has 18 heavy (non-hydrogen) atoms. The Morgan fingerprint density at radius 1 is 1.50 bits per heavy atom. The molecule has 1 aromatic rings. The molecule has 1 aromatic heterocycles. The van der Waals surface area contributed by atoms with E-state index in [0.717, 1.165) is 0 Å². The average molecular weight is 254 g/mol. The largest absolute Gasteiger partial charge is 0.476 e. The lowest BCUT2D eigenvalue weighted by atomic mass is 10.1. The molecule has 1 heterocycles. The van der Waals surface area contributed by atoms with Gasteiger partial charge in [-0.25, -0.2) is 0 Å². The molecule has 0 aliphatic heterocycles. The van der Waals surface area contributed by atoms with Crippen molar-refractivity contribution in [2.75, 3.05) is 26.4 Å². The Hall–Kier alpha value is -1.89. The smallest absolute Gasteiger partial charge is 0.311 e. The van der Waals surface area contributed by atoms with Crippen molar-refractivity contribution in [3.8, 4) is 5.88 Å². The number of hydrogen-bond donors (Lipinski definition) is 1. The number of hydrogen-bond acceptors (Lipinski definition) is 6. The third-order valence-electron chi connectivity index (χ3n) is 2.86. The van der Waals surface area contributed by atoms with Crippen LogP contribution in [0.1, 0.15) is 13.8 Å². The third kappa shape index (κ3) is 3.30. The highest BCUT2D eigenvalue weighted by Gasteiger charge is 2.22. The predicted octanol–water partition coefficient (Wildman–Crippen LogP) is 1.29. The molecule has 0 unspecified atom stereocenters. The van der Waals surface area contributed by atoms with E-state index in [1.165, 1.54) is 12.1 Å². The predicted molar refractivity (Wildman–Crippen MR) is 68.6 cm³/mol. The Kier molecular flexibility index (Phi) is 4.07. The SMILES string of the molecule is CN(C)C(C)(C)COc1ccc([N+](=O)[O-])c(N)n1. The Morgan fingerprint density at radius 3 is 2.56 bits per heavy atom. The summed E-state index contributed by atoms with van der Waals surface area (Å²) in [5.41, 5.74) is 5.10. The van der Waals surface area contributed by atoms with Crippen molar-refractivity contribution in [1.29, 1.82) is 0 Å². The van der Waals surface area contributed by atoms with E-state index in [0.29, 0.717) is 6.61 Å². The van der Waals surface area contributed by atoms with Gasteiger partial charge in [-0.05, 0) is 27.9 Å². The first-order chi connectivity index (χ1) is 8.24. The zero-order valence-corrected chi connectivity index (χ0v) is 11.0. The molecule has 0 saturated carbocycles. The fourth-order valence-corrected chi connectivity index (χ4v) is 1.06. The highest BCUT2D eigenvalue weighted by Crippen LogP contribution is 2.22. The molecule has 0 aromatic carbocycles. The number of pyridine rings is 1. The number of nitrogens with zero attached hydrogens (tertiary/aromatic N) is 3. The van der Waals surface area contributed by atoms with Gasteiger partial charge in [0.1, 0.15) is 6.61 Å². The summed E-state index contributed by atoms with van der Waals surface area (Å²) in [7, 11) is 3.89. The van der Waals surface area contributed by atoms with Gasteiger partial charge >= 0.3 is 5.69 Å². The molecule has 0 aliphatic carbocycles. The molecule has 1 rings (SSSR count). The second kappa shape index (κ2) is 5.18. The van der Waals surface area contributed by atoms with Crippen LogP contribution < -0.4 is 10.5 Å². The van der Waals surface area contributed by atoms with Gasteiger partial charge in [-0.2, -0.15) is 4.98 Å². The average Bonchev–Trinajstić information content (AvgIpc) is 2.25. The van der Waals surface area contributed by atoms with E-state index in [1.807, 2.05) is 32.8 Å². The van der Waals surface area contributed by atoms with E-state index in [2.05, 4.69) is 4.98 Å². The molecular weight excluding hydrogens is 236 g/mol. The number of likely N-dealkylation sites (N-methyl/N-ethyl adjacent to an activating group) is 1. The molecule has 0 aliphatic rings. The molecule has 2 N–H and O–H groups in total. The first kappa shape index (κ1) is 14.2. The Balaban J connectivity index is 2.76. The summed E-state index contributed by atoms with van der Waals surface area (Å²) in [5, 5.41) is 10.6. The molecular formula is C11H18N4O3. The first-order valence-electron chi connectivity index (χ1n) is 5.45. The van der Waals surface area contributed by atoms with E-state index >= 15 is 0 Å². The molecule has 0 saturated heterocycles. The lowest BCUT2D eigenvalue weighted by Crippen LogP contribution is -2.43. The molecule has 0 spiro atoms. The van der Waals surface area contributed by atoms with Crippen LogP contribution in [0.4, 0.5) is 11.5 Å². The highest BCUT2D eigenvalue weighted by atomic mass is 16.6. The number of nitrogens with two attached hydrogens (primary N) is 1. The summed E-state index contributed by atoms with van der Waals surface area (Å²) in [6.45, 7) is 4.44. The van der Waals surface area contributed by atoms with E-state index in [9.17, 15) is 10.1 Å². The number of nitrogen functional groups attached to an aromatic ring is 1. The standard InChI is InChI=1S/C11H18N4O3/c1-11(2,14(3)4)7-18-9-6-5-8(15(16)17)10(12)13-9/h5-6H,7H2,1-4H3,(H2,12,13). The van der Waals surface area contributed by atoms with Gasteiger partial charge in [0.2, 0.25) is 11.7 Å². The summed E-state index contributed by atoms with van der Waals surface area (Å²) < 4.78 is 5.49. The van der Waals surface area contributed by atoms with Gasteiger partial charge in [0.05, 0.1) is 4.92 Å². The van der Waals surface area contributed by atoms with Crippen LogP contribution in [0.3, 0.4) is 0 Å². The monoisotopic (exact) mass is 254 g/mol. The Labute approximate surface area is 106 Å². The zero-order valence-electron chi connectivity index (χ0n) is 11.0. The number of rotatable bonds is 5. The van der Waals surface area contributed by atoms with Crippen LogP contribution in [0.25, 0.3) is 0 Å². The molecule has 7 heteroatoms. The van der Waals surface area contributed by atoms with Crippen LogP contribution in [0, 0.1) is 10.1 Å². The fourth-order valence-electron chi connectivity index (χ4n) is 1.06. The summed E-state index contributed by atoms with van der Waals surface area (Å²) in [6, 6.07) is 2.74. The Morgan fingerprint density at radius 2 is 2.11 bits per heavy atom. The van der Waals surface area contributed by atoms with Gasteiger partial charge in [0.15, 0.2) is 0 Å². The summed E-state index contributed by atoms with van der Waals surface area (Å²) in [6.07, 6.45) is 0. The van der Waals surface area contributed by atoms with Gasteiger partial charge in [-0.1, -0.05) is 0 Å². The van der Waals surface area contributed by atoms with Crippen LogP contribution in [0.2, 0.25) is 0 Å². The maximum Gasteiger partial charge on any atom is 0.311 e. The van der Waals surface area contributed by atoms with Crippen molar-refractivity contribution >= 4 is 11.5 Å². The molecule has 0 bridgehead atoms. The summed E-state index contributed by atoms with van der Waals surface area (Å²) in [4.78, 5) is 15.9. The van der Waals surface area contributed by atoms with Crippen LogP contribution >= 0.6 is 0 Å². The summed E-state index contributed by atoms with van der Waals surface area (Å²) >= 11 is 0. The van der Waals surface area contributed by atoms with Crippen LogP contribution in [-0.2, 0) is 0 Å². The van der Waals surface area contributed by atoms with Crippen LogP contribution in [0.5, 0.6) is 5.88 Å². The maximum absolute atomic E-state index is 10.6. The van der Waals surface area contributed by atoms with Crippen molar-refractivity contribution < 1.29 is 9.66 Å². The first-order valence-corrected chi connectivity index (χ1v) is 5.45. The maximum atomic E-state index is 10.6. The normalized spacial score (nSPS) is 11.6. The number of anilines is 1. The second-order valence-corrected chi connectivity index (χ2v) is 4.81. The third-order valence-corrected chi connectivity index (χ3v) is 2.86. The fraction of sp³-hybridized carbons (Fsp3) is 0.545. The molecule has 0 amide bonds. The van der Waals surface area contributed by atoms with E-state index in [4.69, 9.17) is 10.5 Å². The zero-order chi connectivity index (χ0) is 13.9. The van der Waals surface area contributed by atoms with Gasteiger partial charge in [-0.15, -0.1) is 0 Å². The van der Waals surface area contributed by atoms with E-state index in [-0.39, 0.29) is 22.9 Å². The lowest BCUT2D eigenvalue weighted by Gasteiger charge is -2.31. The second-order valence-electron chi connectivity index (χ2n) is 4.81. The van der Waals surface area contributed by atoms with Gasteiger partial charge in [0.25, 0.3) is 0 Å². The van der Waals surface area contributed by atoms with Crippen molar-refractivity contribution in [3.05, 3.63) is 22.2 Å². The number of nitro groups is 1. The molecule has 0 fully saturated rings. The van der Waals surface area contributed by atoms with Gasteiger partial charge < -0.3 is 15.4 Å². The Bertz CT molecular complexity index is 446. The number of aromatic nitrogens is 1. The summed E-state index contributed by atoms with van der Waals surface area (Å²) in [5.74, 6) is 0.146. The molecule has 100 valence electrons. The number of ether oxygens (including phenoxy) is 1. The minimum Gasteiger partial charge on any atom is -0.476 e. The van der Waals surface area contributed by atoms with Crippen molar-refractivity contribution in [2.45, 2.75) is 19.4 Å². The molecule has 0 radical (unpaired) electrons. The molecule has 7 nitrogen and oxygen atoms in total. The lowest BCUT2D eigenvalue weighted by molar-refractivity contribution is -0.384. The van der Waals surface area contributed by atoms with E-state index in [1.54, 1.807) is 0 Å². The van der Waals surface area contributed by atoms with E-state index < -0.39 is 4.92 Å². The van der Waals surface area contributed by atoms with Crippen molar-refractivity contribution in [2.24, 2.45) is 0 Å². The van der Waals surface area contributed by atoms with Crippen LogP contribution in [0.15, 0.2) is 12.1 Å². The van der Waals surface area contributed by atoms with Gasteiger partial charge in [-0.3, -0.25) is 10.1 Å². The van der Waals surface area contributed by atoms with Crippen molar-refractivity contribution in [3.63, 3.8) is 0 Å². The topological polar surface area (TPSA) is 94.5 Å². The minimum atomic E-state index is -0.574. The van der Waals surface area contributed by atoms with Gasteiger partial charge in [0, 0.05) is 17.7 Å². The minimum absolute atomic E-state index is 0.139. The highest BCUT2D eigenvalue weighted by molar-refractivity contribution is 5.53. The molecule has 0 atom stereocenters.